The summed E-state index contributed by atoms with van der Waals surface area (Å²) in [7, 11) is -4.05. The lowest BCUT2D eigenvalue weighted by Crippen LogP contribution is -2.13. The minimum absolute atomic E-state index is 0.258. The number of alkyl halides is 3. The number of hydrogen-bond acceptors (Lipinski definition) is 4. The molecule has 1 N–H and O–H groups in total. The summed E-state index contributed by atoms with van der Waals surface area (Å²) in [6, 6.07) is 19.7. The van der Waals surface area contributed by atoms with Crippen molar-refractivity contribution in [2.24, 2.45) is 0 Å². The van der Waals surface area contributed by atoms with Gasteiger partial charge in [0.15, 0.2) is 0 Å². The van der Waals surface area contributed by atoms with E-state index in [1.165, 1.54) is 11.3 Å². The first-order valence-corrected chi connectivity index (χ1v) is 11.4. The number of thiazole rings is 1. The van der Waals surface area contributed by atoms with E-state index in [-0.39, 0.29) is 10.6 Å². The second kappa shape index (κ2) is 8.16. The highest BCUT2D eigenvalue weighted by atomic mass is 32.2. The molecule has 4 aromatic rings. The lowest BCUT2D eigenvalue weighted by Gasteiger charge is -2.11. The van der Waals surface area contributed by atoms with E-state index >= 15 is 0 Å². The molecule has 0 amide bonds. The van der Waals surface area contributed by atoms with Crippen molar-refractivity contribution < 1.29 is 21.6 Å². The fourth-order valence-electron chi connectivity index (χ4n) is 2.90. The van der Waals surface area contributed by atoms with Crippen molar-refractivity contribution in [1.82, 2.24) is 4.98 Å². The van der Waals surface area contributed by atoms with E-state index in [4.69, 9.17) is 0 Å². The summed E-state index contributed by atoms with van der Waals surface area (Å²) in [5, 5.41) is 2.72. The Balaban J connectivity index is 1.57. The predicted molar refractivity (Wildman–Crippen MR) is 115 cm³/mol. The molecule has 158 valence electrons. The second-order valence-corrected chi connectivity index (χ2v) is 9.15. The van der Waals surface area contributed by atoms with Crippen molar-refractivity contribution in [3.05, 3.63) is 89.8 Å². The average molecular weight is 461 g/mol. The van der Waals surface area contributed by atoms with Crippen LogP contribution in [0, 0.1) is 0 Å². The van der Waals surface area contributed by atoms with Gasteiger partial charge >= 0.3 is 6.18 Å². The molecule has 1 heterocycles. The van der Waals surface area contributed by atoms with Crippen LogP contribution in [0.3, 0.4) is 0 Å². The van der Waals surface area contributed by atoms with E-state index in [0.29, 0.717) is 11.3 Å². The Labute approximate surface area is 181 Å². The van der Waals surface area contributed by atoms with Gasteiger partial charge in [-0.1, -0.05) is 42.5 Å². The van der Waals surface area contributed by atoms with Gasteiger partial charge in [0.25, 0.3) is 10.0 Å². The molecule has 4 nitrogen and oxygen atoms in total. The van der Waals surface area contributed by atoms with Crippen LogP contribution >= 0.6 is 11.3 Å². The highest BCUT2D eigenvalue weighted by molar-refractivity contribution is 7.92. The molecule has 1 aromatic heterocycles. The summed E-state index contributed by atoms with van der Waals surface area (Å²) in [6.45, 7) is 0. The number of nitrogens with one attached hydrogen (secondary N) is 1. The Morgan fingerprint density at radius 2 is 1.52 bits per heavy atom. The molecule has 31 heavy (non-hydrogen) atoms. The van der Waals surface area contributed by atoms with Crippen molar-refractivity contribution in [2.45, 2.75) is 11.1 Å². The van der Waals surface area contributed by atoms with E-state index in [1.54, 1.807) is 24.3 Å². The normalized spacial score (nSPS) is 12.0. The number of benzene rings is 3. The zero-order valence-electron chi connectivity index (χ0n) is 15.8. The maximum absolute atomic E-state index is 12.7. The first kappa shape index (κ1) is 21.1. The summed E-state index contributed by atoms with van der Waals surface area (Å²) >= 11 is 1.47. The first-order valence-electron chi connectivity index (χ1n) is 9.04. The molecule has 0 bridgehead atoms. The van der Waals surface area contributed by atoms with Gasteiger partial charge in [-0.15, -0.1) is 11.3 Å². The fourth-order valence-corrected chi connectivity index (χ4v) is 4.78. The largest absolute Gasteiger partial charge is 0.416 e. The first-order chi connectivity index (χ1) is 14.7. The van der Waals surface area contributed by atoms with E-state index in [0.717, 1.165) is 34.8 Å². The van der Waals surface area contributed by atoms with Crippen LogP contribution < -0.4 is 4.72 Å². The van der Waals surface area contributed by atoms with Gasteiger partial charge in [0.1, 0.15) is 5.01 Å². The third-order valence-corrected chi connectivity index (χ3v) is 6.72. The minimum atomic E-state index is -4.53. The molecule has 9 heteroatoms. The Morgan fingerprint density at radius 3 is 2.19 bits per heavy atom. The average Bonchev–Trinajstić information content (AvgIpc) is 3.24. The fraction of sp³-hybridized carbons (Fsp3) is 0.0455. The van der Waals surface area contributed by atoms with Gasteiger partial charge in [-0.05, 0) is 36.4 Å². The minimum Gasteiger partial charge on any atom is -0.280 e. The zero-order chi connectivity index (χ0) is 22.1. The number of aromatic nitrogens is 1. The van der Waals surface area contributed by atoms with Crippen molar-refractivity contribution in [3.63, 3.8) is 0 Å². The van der Waals surface area contributed by atoms with Gasteiger partial charge in [-0.2, -0.15) is 13.2 Å². The summed E-state index contributed by atoms with van der Waals surface area (Å²) < 4.78 is 65.7. The SMILES string of the molecule is O=S(=O)(Nc1cccc(-c2csc(-c3ccccc3)n2)c1)c1ccc(C(F)(F)F)cc1. The Hall–Kier alpha value is -3.17. The van der Waals surface area contributed by atoms with E-state index in [1.807, 2.05) is 35.7 Å². The second-order valence-electron chi connectivity index (χ2n) is 6.61. The lowest BCUT2D eigenvalue weighted by molar-refractivity contribution is -0.137. The summed E-state index contributed by atoms with van der Waals surface area (Å²) in [5.41, 5.74) is 1.77. The van der Waals surface area contributed by atoms with Crippen LogP contribution in [-0.2, 0) is 16.2 Å². The van der Waals surface area contributed by atoms with Gasteiger partial charge in [0, 0.05) is 22.2 Å². The Bertz CT molecular complexity index is 1300. The van der Waals surface area contributed by atoms with Gasteiger partial charge in [0.2, 0.25) is 0 Å². The molecule has 3 aromatic carbocycles. The molecule has 0 aliphatic heterocycles. The third-order valence-electron chi connectivity index (χ3n) is 4.43. The summed E-state index contributed by atoms with van der Waals surface area (Å²) in [4.78, 5) is 4.36. The molecule has 0 spiro atoms. The topological polar surface area (TPSA) is 59.1 Å². The quantitative estimate of drug-likeness (QED) is 0.380. The van der Waals surface area contributed by atoms with Crippen LogP contribution in [-0.4, -0.2) is 13.4 Å². The molecule has 0 saturated heterocycles. The molecule has 0 atom stereocenters. The molecule has 0 aliphatic rings. The van der Waals surface area contributed by atoms with E-state index in [9.17, 15) is 21.6 Å². The van der Waals surface area contributed by atoms with Gasteiger partial charge in [-0.25, -0.2) is 13.4 Å². The van der Waals surface area contributed by atoms with Crippen LogP contribution in [0.4, 0.5) is 18.9 Å². The molecule has 0 saturated carbocycles. The number of hydrogen-bond donors (Lipinski definition) is 1. The molecule has 0 fully saturated rings. The zero-order valence-corrected chi connectivity index (χ0v) is 17.4. The maximum atomic E-state index is 12.7. The van der Waals surface area contributed by atoms with Crippen LogP contribution in [0.15, 0.2) is 89.1 Å². The monoisotopic (exact) mass is 460 g/mol. The van der Waals surface area contributed by atoms with Crippen LogP contribution in [0.25, 0.3) is 21.8 Å². The van der Waals surface area contributed by atoms with Crippen molar-refractivity contribution in [3.8, 4) is 21.8 Å². The van der Waals surface area contributed by atoms with Crippen molar-refractivity contribution in [2.75, 3.05) is 4.72 Å². The van der Waals surface area contributed by atoms with Gasteiger partial charge in [0.05, 0.1) is 16.2 Å². The molecular weight excluding hydrogens is 445 g/mol. The Kier molecular flexibility index (Phi) is 5.55. The van der Waals surface area contributed by atoms with Crippen LogP contribution in [0.5, 0.6) is 0 Å². The molecular formula is C22H15F3N2O2S2. The van der Waals surface area contributed by atoms with Crippen molar-refractivity contribution >= 4 is 27.0 Å². The number of sulfonamides is 1. The number of halogens is 3. The highest BCUT2D eigenvalue weighted by Crippen LogP contribution is 2.32. The predicted octanol–water partition coefficient (Wildman–Crippen LogP) is 6.30. The lowest BCUT2D eigenvalue weighted by atomic mass is 10.1. The molecule has 4 rings (SSSR count). The van der Waals surface area contributed by atoms with Crippen LogP contribution in [0.1, 0.15) is 5.56 Å². The molecule has 0 radical (unpaired) electrons. The number of anilines is 1. The van der Waals surface area contributed by atoms with Crippen LogP contribution in [0.2, 0.25) is 0 Å². The highest BCUT2D eigenvalue weighted by Gasteiger charge is 2.30. The van der Waals surface area contributed by atoms with E-state index < -0.39 is 21.8 Å². The summed E-state index contributed by atoms with van der Waals surface area (Å²) in [6.07, 6.45) is -4.53. The maximum Gasteiger partial charge on any atom is 0.416 e. The van der Waals surface area contributed by atoms with Gasteiger partial charge < -0.3 is 0 Å². The molecule has 0 aliphatic carbocycles. The smallest absolute Gasteiger partial charge is 0.280 e. The Morgan fingerprint density at radius 1 is 0.839 bits per heavy atom. The van der Waals surface area contributed by atoms with Gasteiger partial charge in [-0.3, -0.25) is 4.72 Å². The molecule has 0 unspecified atom stereocenters. The standard InChI is InChI=1S/C22H15F3N2O2S2/c23-22(24,25)17-9-11-19(12-10-17)31(28,29)27-18-8-4-7-16(13-18)20-14-30-21(26-20)15-5-2-1-3-6-15/h1-14,27H. The summed E-state index contributed by atoms with van der Waals surface area (Å²) in [5.74, 6) is 0. The van der Waals surface area contributed by atoms with E-state index in [2.05, 4.69) is 9.71 Å². The van der Waals surface area contributed by atoms with Crippen molar-refractivity contribution in [1.29, 1.82) is 0 Å². The number of rotatable bonds is 5. The number of nitrogens with zero attached hydrogens (tertiary/aromatic N) is 1. The third kappa shape index (κ3) is 4.78.